The van der Waals surface area contributed by atoms with E-state index in [4.69, 9.17) is 0 Å². The van der Waals surface area contributed by atoms with Crippen LogP contribution in [0, 0.1) is 18.7 Å². The summed E-state index contributed by atoms with van der Waals surface area (Å²) in [7, 11) is 0. The van der Waals surface area contributed by atoms with E-state index in [2.05, 4.69) is 18.9 Å². The molecule has 3 nitrogen and oxygen atoms in total. The fourth-order valence-electron chi connectivity index (χ4n) is 2.11. The van der Waals surface area contributed by atoms with Crippen LogP contribution in [0.4, 0.5) is 10.1 Å². The first-order valence-corrected chi connectivity index (χ1v) is 6.13. The van der Waals surface area contributed by atoms with Crippen LogP contribution in [0.15, 0.2) is 23.3 Å². The maximum absolute atomic E-state index is 13.0. The molecule has 0 N–H and O–H groups in total. The van der Waals surface area contributed by atoms with Gasteiger partial charge in [-0.05, 0) is 43.0 Å². The van der Waals surface area contributed by atoms with Gasteiger partial charge in [-0.15, -0.1) is 0 Å². The summed E-state index contributed by atoms with van der Waals surface area (Å²) >= 11 is 0. The van der Waals surface area contributed by atoms with Gasteiger partial charge in [-0.1, -0.05) is 13.8 Å². The Kier molecular flexibility index (Phi) is 3.45. The van der Waals surface area contributed by atoms with Gasteiger partial charge >= 0.3 is 0 Å². The van der Waals surface area contributed by atoms with Crippen molar-refractivity contribution in [2.75, 3.05) is 5.01 Å². The minimum Gasteiger partial charge on any atom is -0.272 e. The molecular weight excluding hydrogens is 231 g/mol. The average molecular weight is 248 g/mol. The lowest BCUT2D eigenvalue weighted by Crippen LogP contribution is -2.20. The van der Waals surface area contributed by atoms with Crippen LogP contribution in [0.25, 0.3) is 0 Å². The van der Waals surface area contributed by atoms with E-state index in [-0.39, 0.29) is 11.7 Å². The number of amides is 1. The molecule has 0 unspecified atom stereocenters. The van der Waals surface area contributed by atoms with Crippen molar-refractivity contribution in [3.8, 4) is 0 Å². The molecule has 0 spiro atoms. The Hall–Kier alpha value is -1.71. The van der Waals surface area contributed by atoms with Crippen LogP contribution in [0.1, 0.15) is 32.3 Å². The van der Waals surface area contributed by atoms with Crippen molar-refractivity contribution in [1.82, 2.24) is 0 Å². The molecule has 1 aromatic carbocycles. The standard InChI is InChI=1S/C14H17FN2O/c1-9(2)6-12-8-14(18)17(16-12)13-5-4-11(15)7-10(13)3/h4-5,7,9H,6,8H2,1-3H3. The number of carbonyl (C=O) groups is 1. The van der Waals surface area contributed by atoms with E-state index < -0.39 is 0 Å². The first-order valence-electron chi connectivity index (χ1n) is 6.13. The van der Waals surface area contributed by atoms with Crippen molar-refractivity contribution < 1.29 is 9.18 Å². The van der Waals surface area contributed by atoms with E-state index >= 15 is 0 Å². The molecule has 1 aliphatic rings. The number of halogens is 1. The maximum atomic E-state index is 13.0. The van der Waals surface area contributed by atoms with Gasteiger partial charge in [0, 0.05) is 5.71 Å². The summed E-state index contributed by atoms with van der Waals surface area (Å²) < 4.78 is 13.0. The molecule has 1 aromatic rings. The molecule has 0 bridgehead atoms. The van der Waals surface area contributed by atoms with Gasteiger partial charge in [0.1, 0.15) is 5.82 Å². The first kappa shape index (κ1) is 12.7. The van der Waals surface area contributed by atoms with Crippen LogP contribution in [-0.2, 0) is 4.79 Å². The minimum absolute atomic E-state index is 0.0413. The smallest absolute Gasteiger partial charge is 0.253 e. The molecule has 0 fully saturated rings. The van der Waals surface area contributed by atoms with Crippen LogP contribution in [0.3, 0.4) is 0 Å². The largest absolute Gasteiger partial charge is 0.272 e. The molecule has 96 valence electrons. The van der Waals surface area contributed by atoms with E-state index in [9.17, 15) is 9.18 Å². The highest BCUT2D eigenvalue weighted by atomic mass is 19.1. The zero-order valence-electron chi connectivity index (χ0n) is 10.9. The van der Waals surface area contributed by atoms with Gasteiger partial charge < -0.3 is 0 Å². The number of aryl methyl sites for hydroxylation is 1. The first-order chi connectivity index (χ1) is 8.47. The maximum Gasteiger partial charge on any atom is 0.253 e. The molecule has 0 aromatic heterocycles. The second-order valence-electron chi connectivity index (χ2n) is 5.08. The highest BCUT2D eigenvalue weighted by Crippen LogP contribution is 2.26. The van der Waals surface area contributed by atoms with Crippen molar-refractivity contribution in [3.05, 3.63) is 29.6 Å². The van der Waals surface area contributed by atoms with E-state index in [1.165, 1.54) is 17.1 Å². The molecule has 18 heavy (non-hydrogen) atoms. The third kappa shape index (κ3) is 2.58. The predicted octanol–water partition coefficient (Wildman–Crippen LogP) is 3.27. The highest BCUT2D eigenvalue weighted by Gasteiger charge is 2.26. The molecule has 0 saturated carbocycles. The van der Waals surface area contributed by atoms with E-state index in [0.717, 1.165) is 17.7 Å². The lowest BCUT2D eigenvalue weighted by molar-refractivity contribution is -0.116. The van der Waals surface area contributed by atoms with Gasteiger partial charge in [-0.3, -0.25) is 4.79 Å². The molecule has 4 heteroatoms. The molecular formula is C14H17FN2O. The third-order valence-corrected chi connectivity index (χ3v) is 2.86. The number of anilines is 1. The molecule has 1 heterocycles. The number of hydrogen-bond donors (Lipinski definition) is 0. The Labute approximate surface area is 106 Å². The number of hydrogen-bond acceptors (Lipinski definition) is 2. The van der Waals surface area contributed by atoms with Crippen molar-refractivity contribution in [2.24, 2.45) is 11.0 Å². The summed E-state index contributed by atoms with van der Waals surface area (Å²) in [6.07, 6.45) is 1.19. The normalized spacial score (nSPS) is 15.5. The van der Waals surface area contributed by atoms with Crippen LogP contribution in [0.5, 0.6) is 0 Å². The summed E-state index contributed by atoms with van der Waals surface area (Å²) in [4.78, 5) is 11.9. The van der Waals surface area contributed by atoms with Gasteiger partial charge in [0.15, 0.2) is 0 Å². The Morgan fingerprint density at radius 1 is 1.44 bits per heavy atom. The molecule has 0 radical (unpaired) electrons. The average Bonchev–Trinajstić information content (AvgIpc) is 2.58. The van der Waals surface area contributed by atoms with Gasteiger partial charge in [0.25, 0.3) is 5.91 Å². The molecule has 0 aliphatic carbocycles. The monoisotopic (exact) mass is 248 g/mol. The zero-order chi connectivity index (χ0) is 13.3. The van der Waals surface area contributed by atoms with Crippen molar-refractivity contribution in [1.29, 1.82) is 0 Å². The summed E-state index contributed by atoms with van der Waals surface area (Å²) in [6.45, 7) is 5.97. The minimum atomic E-state index is -0.297. The summed E-state index contributed by atoms with van der Waals surface area (Å²) in [5.74, 6) is 0.139. The second kappa shape index (κ2) is 4.88. The summed E-state index contributed by atoms with van der Waals surface area (Å²) in [6, 6.07) is 4.37. The Morgan fingerprint density at radius 3 is 2.78 bits per heavy atom. The molecule has 1 amide bonds. The quantitative estimate of drug-likeness (QED) is 0.808. The van der Waals surface area contributed by atoms with Crippen LogP contribution < -0.4 is 5.01 Å². The molecule has 0 atom stereocenters. The summed E-state index contributed by atoms with van der Waals surface area (Å²) in [5, 5.41) is 5.74. The fourth-order valence-corrected chi connectivity index (χ4v) is 2.11. The van der Waals surface area contributed by atoms with Crippen molar-refractivity contribution in [3.63, 3.8) is 0 Å². The SMILES string of the molecule is Cc1cc(F)ccc1N1N=C(CC(C)C)CC1=O. The predicted molar refractivity (Wildman–Crippen MR) is 70.1 cm³/mol. The Bertz CT molecular complexity index is 509. The zero-order valence-corrected chi connectivity index (χ0v) is 10.9. The van der Waals surface area contributed by atoms with Crippen LogP contribution >= 0.6 is 0 Å². The van der Waals surface area contributed by atoms with Gasteiger partial charge in [-0.2, -0.15) is 5.10 Å². The molecule has 2 rings (SSSR count). The number of hydrazone groups is 1. The highest BCUT2D eigenvalue weighted by molar-refractivity contribution is 6.13. The van der Waals surface area contributed by atoms with Crippen molar-refractivity contribution >= 4 is 17.3 Å². The van der Waals surface area contributed by atoms with Gasteiger partial charge in [-0.25, -0.2) is 9.40 Å². The Morgan fingerprint density at radius 2 is 2.17 bits per heavy atom. The second-order valence-corrected chi connectivity index (χ2v) is 5.08. The lowest BCUT2D eigenvalue weighted by atomic mass is 10.1. The molecule has 0 saturated heterocycles. The topological polar surface area (TPSA) is 32.7 Å². The van der Waals surface area contributed by atoms with Gasteiger partial charge in [0.2, 0.25) is 0 Å². The molecule has 1 aliphatic heterocycles. The Balaban J connectivity index is 2.27. The third-order valence-electron chi connectivity index (χ3n) is 2.86. The van der Waals surface area contributed by atoms with Crippen LogP contribution in [-0.4, -0.2) is 11.6 Å². The van der Waals surface area contributed by atoms with E-state index in [1.807, 2.05) is 0 Å². The number of rotatable bonds is 3. The van der Waals surface area contributed by atoms with E-state index in [1.54, 1.807) is 13.0 Å². The van der Waals surface area contributed by atoms with Crippen LogP contribution in [0.2, 0.25) is 0 Å². The fraction of sp³-hybridized carbons (Fsp3) is 0.429. The van der Waals surface area contributed by atoms with Gasteiger partial charge in [0.05, 0.1) is 12.1 Å². The lowest BCUT2D eigenvalue weighted by Gasteiger charge is -2.14. The van der Waals surface area contributed by atoms with Crippen molar-refractivity contribution in [2.45, 2.75) is 33.6 Å². The summed E-state index contributed by atoms with van der Waals surface area (Å²) in [5.41, 5.74) is 2.29. The number of benzene rings is 1. The number of carbonyl (C=O) groups excluding carboxylic acids is 1. The number of nitrogens with zero attached hydrogens (tertiary/aromatic N) is 2. The van der Waals surface area contributed by atoms with E-state index in [0.29, 0.717) is 18.0 Å².